The molecule has 0 bridgehead atoms. The Bertz CT molecular complexity index is 448. The number of sulfonamides is 1. The van der Waals surface area contributed by atoms with Crippen molar-refractivity contribution in [2.24, 2.45) is 0 Å². The molecule has 0 amide bonds. The Balaban J connectivity index is 2.11. The summed E-state index contributed by atoms with van der Waals surface area (Å²) in [5, 5.41) is 3.21. The van der Waals surface area contributed by atoms with E-state index >= 15 is 0 Å². The largest absolute Gasteiger partial charge is 0.336 e. The van der Waals surface area contributed by atoms with Crippen molar-refractivity contribution in [1.82, 2.24) is 19.6 Å². The summed E-state index contributed by atoms with van der Waals surface area (Å²) in [5.74, 6) is 0. The third-order valence-electron chi connectivity index (χ3n) is 2.63. The summed E-state index contributed by atoms with van der Waals surface area (Å²) in [7, 11) is -3.45. The van der Waals surface area contributed by atoms with Crippen molar-refractivity contribution in [2.75, 3.05) is 13.1 Å². The zero-order chi connectivity index (χ0) is 11.6. The summed E-state index contributed by atoms with van der Waals surface area (Å²) in [5.41, 5.74) is 0. The standard InChI is InChI=1S/C9H16N4O2S/c1-2-13-6-9(11-7-13)16(14,15)12-8-3-4-10-5-8/h6-8,10,12H,2-5H2,1H3. The second-order valence-corrected chi connectivity index (χ2v) is 5.51. The van der Waals surface area contributed by atoms with E-state index in [0.29, 0.717) is 13.1 Å². The molecular formula is C9H16N4O2S. The van der Waals surface area contributed by atoms with Crippen LogP contribution in [0.25, 0.3) is 0 Å². The summed E-state index contributed by atoms with van der Waals surface area (Å²) in [6.07, 6.45) is 3.90. The molecule has 2 rings (SSSR count). The summed E-state index contributed by atoms with van der Waals surface area (Å²) >= 11 is 0. The summed E-state index contributed by atoms with van der Waals surface area (Å²) in [6, 6.07) is -0.0169. The number of nitrogens with zero attached hydrogens (tertiary/aromatic N) is 2. The maximum atomic E-state index is 11.9. The van der Waals surface area contributed by atoms with E-state index in [1.807, 2.05) is 6.92 Å². The Hall–Kier alpha value is -0.920. The van der Waals surface area contributed by atoms with Crippen LogP contribution in [0.3, 0.4) is 0 Å². The number of nitrogens with one attached hydrogen (secondary N) is 2. The van der Waals surface area contributed by atoms with Crippen molar-refractivity contribution in [3.05, 3.63) is 12.5 Å². The van der Waals surface area contributed by atoms with Gasteiger partial charge < -0.3 is 9.88 Å². The predicted molar refractivity (Wildman–Crippen MR) is 59.5 cm³/mol. The number of rotatable bonds is 4. The van der Waals surface area contributed by atoms with E-state index in [9.17, 15) is 8.42 Å². The smallest absolute Gasteiger partial charge is 0.259 e. The van der Waals surface area contributed by atoms with Crippen LogP contribution in [-0.4, -0.2) is 37.1 Å². The van der Waals surface area contributed by atoms with Crippen molar-refractivity contribution in [1.29, 1.82) is 0 Å². The van der Waals surface area contributed by atoms with E-state index in [2.05, 4.69) is 15.0 Å². The molecule has 1 aliphatic heterocycles. The highest BCUT2D eigenvalue weighted by atomic mass is 32.2. The molecule has 1 atom stereocenters. The number of aryl methyl sites for hydroxylation is 1. The van der Waals surface area contributed by atoms with Crippen LogP contribution >= 0.6 is 0 Å². The van der Waals surface area contributed by atoms with Gasteiger partial charge >= 0.3 is 0 Å². The zero-order valence-electron chi connectivity index (χ0n) is 9.18. The van der Waals surface area contributed by atoms with Crippen LogP contribution < -0.4 is 10.0 Å². The van der Waals surface area contributed by atoms with Gasteiger partial charge in [-0.05, 0) is 19.9 Å². The van der Waals surface area contributed by atoms with Gasteiger partial charge in [-0.25, -0.2) is 18.1 Å². The molecule has 1 saturated heterocycles. The average Bonchev–Trinajstić information content (AvgIpc) is 2.85. The maximum absolute atomic E-state index is 11.9. The first kappa shape index (κ1) is 11.6. The van der Waals surface area contributed by atoms with Crippen LogP contribution in [0.4, 0.5) is 0 Å². The summed E-state index contributed by atoms with van der Waals surface area (Å²) < 4.78 is 28.2. The monoisotopic (exact) mass is 244 g/mol. The van der Waals surface area contributed by atoms with Crippen molar-refractivity contribution < 1.29 is 8.42 Å². The van der Waals surface area contributed by atoms with Crippen LogP contribution in [0.1, 0.15) is 13.3 Å². The average molecular weight is 244 g/mol. The van der Waals surface area contributed by atoms with E-state index in [1.54, 1.807) is 10.8 Å². The molecule has 7 heteroatoms. The molecule has 2 N–H and O–H groups in total. The lowest BCUT2D eigenvalue weighted by Crippen LogP contribution is -2.36. The Morgan fingerprint density at radius 2 is 2.50 bits per heavy atom. The lowest BCUT2D eigenvalue weighted by Gasteiger charge is -2.09. The fraction of sp³-hybridized carbons (Fsp3) is 0.667. The quantitative estimate of drug-likeness (QED) is 0.751. The fourth-order valence-corrected chi connectivity index (χ4v) is 2.91. The highest BCUT2D eigenvalue weighted by molar-refractivity contribution is 7.89. The molecule has 0 spiro atoms. The number of hydrogen-bond donors (Lipinski definition) is 2. The Morgan fingerprint density at radius 1 is 1.69 bits per heavy atom. The molecule has 1 unspecified atom stereocenters. The zero-order valence-corrected chi connectivity index (χ0v) is 10.00. The maximum Gasteiger partial charge on any atom is 0.259 e. The van der Waals surface area contributed by atoms with Crippen molar-refractivity contribution in [2.45, 2.75) is 31.0 Å². The van der Waals surface area contributed by atoms with Gasteiger partial charge in [0.15, 0.2) is 5.03 Å². The van der Waals surface area contributed by atoms with Gasteiger partial charge in [0.1, 0.15) is 0 Å². The second-order valence-electron chi connectivity index (χ2n) is 3.85. The van der Waals surface area contributed by atoms with Crippen molar-refractivity contribution >= 4 is 10.0 Å². The lowest BCUT2D eigenvalue weighted by molar-refractivity contribution is 0.557. The normalized spacial score (nSPS) is 21.4. The molecule has 1 aromatic heterocycles. The van der Waals surface area contributed by atoms with E-state index < -0.39 is 10.0 Å². The second kappa shape index (κ2) is 4.52. The van der Waals surface area contributed by atoms with Crippen LogP contribution in [0.2, 0.25) is 0 Å². The molecule has 1 aliphatic rings. The van der Waals surface area contributed by atoms with Gasteiger partial charge in [0, 0.05) is 25.3 Å². The molecule has 1 aromatic rings. The van der Waals surface area contributed by atoms with Gasteiger partial charge in [0.05, 0.1) is 6.33 Å². The molecule has 2 heterocycles. The minimum absolute atomic E-state index is 0.0169. The van der Waals surface area contributed by atoms with Gasteiger partial charge in [-0.3, -0.25) is 0 Å². The van der Waals surface area contributed by atoms with E-state index in [0.717, 1.165) is 13.0 Å². The van der Waals surface area contributed by atoms with Crippen LogP contribution in [0.5, 0.6) is 0 Å². The molecule has 0 radical (unpaired) electrons. The third-order valence-corrected chi connectivity index (χ3v) is 4.04. The minimum atomic E-state index is -3.45. The first-order valence-corrected chi connectivity index (χ1v) is 6.85. The number of hydrogen-bond acceptors (Lipinski definition) is 4. The SMILES string of the molecule is CCn1cnc(S(=O)(=O)NC2CCNC2)c1. The van der Waals surface area contributed by atoms with E-state index in [-0.39, 0.29) is 11.1 Å². The molecular weight excluding hydrogens is 228 g/mol. The molecule has 90 valence electrons. The van der Waals surface area contributed by atoms with Gasteiger partial charge in [-0.2, -0.15) is 0 Å². The summed E-state index contributed by atoms with van der Waals surface area (Å²) in [6.45, 7) is 4.20. The third kappa shape index (κ3) is 2.42. The van der Waals surface area contributed by atoms with Gasteiger partial charge in [0.25, 0.3) is 10.0 Å². The van der Waals surface area contributed by atoms with E-state index in [1.165, 1.54) is 6.33 Å². The van der Waals surface area contributed by atoms with Crippen molar-refractivity contribution in [3.63, 3.8) is 0 Å². The summed E-state index contributed by atoms with van der Waals surface area (Å²) in [4.78, 5) is 3.89. The van der Waals surface area contributed by atoms with Gasteiger partial charge in [-0.1, -0.05) is 0 Å². The molecule has 6 nitrogen and oxygen atoms in total. The minimum Gasteiger partial charge on any atom is -0.336 e. The first-order valence-electron chi connectivity index (χ1n) is 5.36. The first-order chi connectivity index (χ1) is 7.62. The molecule has 0 saturated carbocycles. The Labute approximate surface area is 95.1 Å². The topological polar surface area (TPSA) is 76.0 Å². The van der Waals surface area contributed by atoms with Crippen molar-refractivity contribution in [3.8, 4) is 0 Å². The molecule has 16 heavy (non-hydrogen) atoms. The number of aromatic nitrogens is 2. The van der Waals surface area contributed by atoms with Crippen LogP contribution in [0.15, 0.2) is 17.6 Å². The Kier molecular flexibility index (Phi) is 3.27. The molecule has 0 aliphatic carbocycles. The fourth-order valence-electron chi connectivity index (χ4n) is 1.69. The molecule has 1 fully saturated rings. The number of imidazole rings is 1. The van der Waals surface area contributed by atoms with Gasteiger partial charge in [-0.15, -0.1) is 0 Å². The van der Waals surface area contributed by atoms with Crippen LogP contribution in [0, 0.1) is 0 Å². The molecule has 0 aromatic carbocycles. The van der Waals surface area contributed by atoms with E-state index in [4.69, 9.17) is 0 Å². The Morgan fingerprint density at radius 3 is 3.06 bits per heavy atom. The lowest BCUT2D eigenvalue weighted by atomic mass is 10.3. The van der Waals surface area contributed by atoms with Crippen LogP contribution in [-0.2, 0) is 16.6 Å². The highest BCUT2D eigenvalue weighted by Gasteiger charge is 2.24. The predicted octanol–water partition coefficient (Wildman–Crippen LogP) is -0.457. The van der Waals surface area contributed by atoms with Gasteiger partial charge in [0.2, 0.25) is 0 Å². The highest BCUT2D eigenvalue weighted by Crippen LogP contribution is 2.08.